The maximum atomic E-state index is 5.11. The minimum Gasteiger partial charge on any atom is -0.373 e. The topological polar surface area (TPSA) is 9.23 Å². The second-order valence-corrected chi connectivity index (χ2v) is 2.16. The summed E-state index contributed by atoms with van der Waals surface area (Å²) in [5.41, 5.74) is 0. The molecular formula is C6H12OP2. The van der Waals surface area contributed by atoms with E-state index in [-0.39, 0.29) is 0 Å². The minimum atomic E-state index is 0.693. The first-order valence-corrected chi connectivity index (χ1v) is 4.06. The van der Waals surface area contributed by atoms with Crippen molar-refractivity contribution in [2.24, 2.45) is 0 Å². The predicted molar refractivity (Wildman–Crippen MR) is 48.5 cm³/mol. The molecule has 0 aliphatic rings. The molecule has 0 aromatic rings. The SMILES string of the molecule is PC=CCOCC=CP. The third kappa shape index (κ3) is 8.30. The maximum Gasteiger partial charge on any atom is 0.0655 e. The fourth-order valence-electron chi connectivity index (χ4n) is 0.315. The van der Waals surface area contributed by atoms with E-state index in [1.54, 1.807) is 0 Å². The van der Waals surface area contributed by atoms with E-state index in [4.69, 9.17) is 4.74 Å². The van der Waals surface area contributed by atoms with Crippen molar-refractivity contribution >= 4 is 18.5 Å². The molecule has 0 heterocycles. The number of hydrogen-bond donors (Lipinski definition) is 0. The highest BCUT2D eigenvalue weighted by Gasteiger charge is 1.74. The van der Waals surface area contributed by atoms with Crippen LogP contribution in [0.2, 0.25) is 0 Å². The Labute approximate surface area is 61.0 Å². The zero-order valence-electron chi connectivity index (χ0n) is 5.29. The van der Waals surface area contributed by atoms with Gasteiger partial charge in [-0.3, -0.25) is 0 Å². The fourth-order valence-corrected chi connectivity index (χ4v) is 0.537. The third-order valence-corrected chi connectivity index (χ3v) is 1.24. The molecule has 0 aliphatic heterocycles. The van der Waals surface area contributed by atoms with E-state index < -0.39 is 0 Å². The molecule has 0 aromatic carbocycles. The molecule has 2 atom stereocenters. The van der Waals surface area contributed by atoms with Gasteiger partial charge < -0.3 is 4.74 Å². The summed E-state index contributed by atoms with van der Waals surface area (Å²) in [6.07, 6.45) is 3.89. The smallest absolute Gasteiger partial charge is 0.0655 e. The normalized spacial score (nSPS) is 11.8. The van der Waals surface area contributed by atoms with Crippen molar-refractivity contribution in [2.75, 3.05) is 13.2 Å². The van der Waals surface area contributed by atoms with Gasteiger partial charge >= 0.3 is 0 Å². The molecule has 52 valence electrons. The molecule has 0 N–H and O–H groups in total. The van der Waals surface area contributed by atoms with Gasteiger partial charge in [-0.25, -0.2) is 0 Å². The zero-order valence-corrected chi connectivity index (χ0v) is 7.60. The van der Waals surface area contributed by atoms with Crippen LogP contribution in [0.1, 0.15) is 0 Å². The van der Waals surface area contributed by atoms with Gasteiger partial charge in [0.2, 0.25) is 0 Å². The van der Waals surface area contributed by atoms with Crippen molar-refractivity contribution in [1.29, 1.82) is 0 Å². The van der Waals surface area contributed by atoms with Gasteiger partial charge in [-0.15, -0.1) is 18.5 Å². The van der Waals surface area contributed by atoms with Crippen molar-refractivity contribution < 1.29 is 4.74 Å². The summed E-state index contributed by atoms with van der Waals surface area (Å²) in [7, 11) is 4.99. The summed E-state index contributed by atoms with van der Waals surface area (Å²) in [4.78, 5) is 0. The molecule has 0 bridgehead atoms. The quantitative estimate of drug-likeness (QED) is 0.452. The standard InChI is InChI=1S/C6H12OP2/c8-5-1-3-7-4-2-6-9/h1-2,5-6H,3-4,8-9H2. The van der Waals surface area contributed by atoms with Gasteiger partial charge in [0.1, 0.15) is 0 Å². The molecule has 0 amide bonds. The first kappa shape index (κ1) is 9.30. The van der Waals surface area contributed by atoms with E-state index in [0.717, 1.165) is 0 Å². The second-order valence-electron chi connectivity index (χ2n) is 1.39. The summed E-state index contributed by atoms with van der Waals surface area (Å²) in [6.45, 7) is 1.39. The molecule has 0 saturated heterocycles. The minimum absolute atomic E-state index is 0.693. The highest BCUT2D eigenvalue weighted by Crippen LogP contribution is 1.86. The molecule has 0 fully saturated rings. The van der Waals surface area contributed by atoms with Crippen molar-refractivity contribution in [1.82, 2.24) is 0 Å². The molecule has 0 spiro atoms. The molecular weight excluding hydrogens is 150 g/mol. The van der Waals surface area contributed by atoms with Crippen molar-refractivity contribution in [3.63, 3.8) is 0 Å². The number of hydrogen-bond acceptors (Lipinski definition) is 1. The van der Waals surface area contributed by atoms with Gasteiger partial charge in [-0.05, 0) is 0 Å². The first-order valence-electron chi connectivity index (χ1n) is 2.73. The lowest BCUT2D eigenvalue weighted by atomic mass is 10.6. The number of ether oxygens (including phenoxy) is 1. The highest BCUT2D eigenvalue weighted by molar-refractivity contribution is 7.20. The molecule has 0 saturated carbocycles. The molecule has 1 nitrogen and oxygen atoms in total. The average molecular weight is 162 g/mol. The summed E-state index contributed by atoms with van der Waals surface area (Å²) >= 11 is 0. The van der Waals surface area contributed by atoms with Crippen LogP contribution >= 0.6 is 18.5 Å². The molecule has 0 radical (unpaired) electrons. The zero-order chi connectivity index (χ0) is 6.95. The Morgan fingerprint density at radius 3 is 1.78 bits per heavy atom. The Bertz CT molecular complexity index is 87.2. The Balaban J connectivity index is 2.91. The lowest BCUT2D eigenvalue weighted by molar-refractivity contribution is 0.194. The molecule has 0 rings (SSSR count). The highest BCUT2D eigenvalue weighted by atomic mass is 31.0. The van der Waals surface area contributed by atoms with Gasteiger partial charge in [-0.2, -0.15) is 0 Å². The Morgan fingerprint density at radius 1 is 1.00 bits per heavy atom. The van der Waals surface area contributed by atoms with Crippen LogP contribution in [-0.4, -0.2) is 13.2 Å². The molecule has 3 heteroatoms. The van der Waals surface area contributed by atoms with Gasteiger partial charge in [-0.1, -0.05) is 23.8 Å². The van der Waals surface area contributed by atoms with E-state index in [9.17, 15) is 0 Å². The molecule has 2 unspecified atom stereocenters. The van der Waals surface area contributed by atoms with E-state index in [2.05, 4.69) is 18.5 Å². The second kappa shape index (κ2) is 8.30. The summed E-state index contributed by atoms with van der Waals surface area (Å²) < 4.78 is 5.11. The van der Waals surface area contributed by atoms with Gasteiger partial charge in [0.05, 0.1) is 13.2 Å². The van der Waals surface area contributed by atoms with Crippen LogP contribution in [0.5, 0.6) is 0 Å². The van der Waals surface area contributed by atoms with E-state index in [1.165, 1.54) is 0 Å². The summed E-state index contributed by atoms with van der Waals surface area (Å²) in [5, 5.41) is 0. The van der Waals surface area contributed by atoms with Crippen LogP contribution in [0.4, 0.5) is 0 Å². The predicted octanol–water partition coefficient (Wildman–Crippen LogP) is 1.78. The van der Waals surface area contributed by atoms with Crippen molar-refractivity contribution in [2.45, 2.75) is 0 Å². The lowest BCUT2D eigenvalue weighted by Crippen LogP contribution is -1.88. The van der Waals surface area contributed by atoms with E-state index >= 15 is 0 Å². The fraction of sp³-hybridized carbons (Fsp3) is 0.333. The van der Waals surface area contributed by atoms with E-state index in [0.29, 0.717) is 13.2 Å². The monoisotopic (exact) mass is 162 g/mol. The Kier molecular flexibility index (Phi) is 8.58. The maximum absolute atomic E-state index is 5.11. The van der Waals surface area contributed by atoms with Crippen LogP contribution < -0.4 is 0 Å². The molecule has 0 aliphatic carbocycles. The van der Waals surface area contributed by atoms with E-state index in [1.807, 2.05) is 23.8 Å². The van der Waals surface area contributed by atoms with Crippen molar-refractivity contribution in [3.8, 4) is 0 Å². The Morgan fingerprint density at radius 2 is 1.44 bits per heavy atom. The van der Waals surface area contributed by atoms with Crippen molar-refractivity contribution in [3.05, 3.63) is 23.8 Å². The summed E-state index contributed by atoms with van der Waals surface area (Å²) in [6, 6.07) is 0. The van der Waals surface area contributed by atoms with Crippen LogP contribution in [0.15, 0.2) is 23.8 Å². The number of rotatable bonds is 4. The molecule has 9 heavy (non-hydrogen) atoms. The van der Waals surface area contributed by atoms with Crippen LogP contribution in [-0.2, 0) is 4.74 Å². The van der Waals surface area contributed by atoms with Gasteiger partial charge in [0.25, 0.3) is 0 Å². The van der Waals surface area contributed by atoms with Crippen LogP contribution in [0.3, 0.4) is 0 Å². The Hall–Kier alpha value is 0.300. The third-order valence-electron chi connectivity index (χ3n) is 0.700. The average Bonchev–Trinajstić information content (AvgIpc) is 1.89. The molecule has 0 aromatic heterocycles. The first-order chi connectivity index (χ1) is 4.41. The van der Waals surface area contributed by atoms with Gasteiger partial charge in [0, 0.05) is 0 Å². The van der Waals surface area contributed by atoms with Gasteiger partial charge in [0.15, 0.2) is 0 Å². The van der Waals surface area contributed by atoms with Crippen LogP contribution in [0.25, 0.3) is 0 Å². The van der Waals surface area contributed by atoms with Crippen LogP contribution in [0, 0.1) is 0 Å². The summed E-state index contributed by atoms with van der Waals surface area (Å²) in [5.74, 6) is 3.79. The lowest BCUT2D eigenvalue weighted by Gasteiger charge is -1.91. The largest absolute Gasteiger partial charge is 0.373 e.